The van der Waals surface area contributed by atoms with Crippen LogP contribution in [0.4, 0.5) is 0 Å². The first-order chi connectivity index (χ1) is 7.36. The zero-order valence-electron chi connectivity index (χ0n) is 9.10. The number of hydrogen-bond donors (Lipinski definition) is 0. The monoisotopic (exact) mass is 200 g/mol. The predicted octanol–water partition coefficient (Wildman–Crippen LogP) is 3.79. The van der Waals surface area contributed by atoms with Gasteiger partial charge in [-0.3, -0.25) is 4.98 Å². The molecule has 0 spiro atoms. The topological polar surface area (TPSA) is 12.9 Å². The number of pyridine rings is 1. The average Bonchev–Trinajstić information content (AvgIpc) is 2.28. The summed E-state index contributed by atoms with van der Waals surface area (Å²) >= 11 is 0. The summed E-state index contributed by atoms with van der Waals surface area (Å²) in [6, 6.07) is 4.05. The molecular formula is C14H18N. The molecule has 1 rings (SSSR count). The molecule has 0 fully saturated rings. The molecule has 0 amide bonds. The van der Waals surface area contributed by atoms with Crippen LogP contribution >= 0.6 is 0 Å². The molecule has 0 saturated heterocycles. The van der Waals surface area contributed by atoms with E-state index in [4.69, 9.17) is 0 Å². The standard InChI is InChI=1S/C14H18N/c1-3-5-13(6-4-2)7-8-14-9-11-15-12-10-14/h3-4,8-13H,1-2,5-7H2. The summed E-state index contributed by atoms with van der Waals surface area (Å²) < 4.78 is 0. The second-order valence-electron chi connectivity index (χ2n) is 3.64. The Balaban J connectivity index is 2.39. The van der Waals surface area contributed by atoms with E-state index in [1.165, 1.54) is 5.56 Å². The van der Waals surface area contributed by atoms with Gasteiger partial charge in [-0.2, -0.15) is 0 Å². The van der Waals surface area contributed by atoms with Crippen molar-refractivity contribution in [1.29, 1.82) is 0 Å². The van der Waals surface area contributed by atoms with Crippen LogP contribution in [-0.2, 0) is 0 Å². The van der Waals surface area contributed by atoms with Gasteiger partial charge in [0.15, 0.2) is 0 Å². The molecule has 1 radical (unpaired) electrons. The first-order valence-corrected chi connectivity index (χ1v) is 5.32. The van der Waals surface area contributed by atoms with Crippen LogP contribution in [0, 0.1) is 12.3 Å². The zero-order valence-corrected chi connectivity index (χ0v) is 9.10. The van der Waals surface area contributed by atoms with E-state index in [0.717, 1.165) is 19.3 Å². The average molecular weight is 200 g/mol. The van der Waals surface area contributed by atoms with E-state index in [2.05, 4.69) is 24.6 Å². The summed E-state index contributed by atoms with van der Waals surface area (Å²) in [4.78, 5) is 3.99. The number of nitrogens with zero attached hydrogens (tertiary/aromatic N) is 1. The van der Waals surface area contributed by atoms with E-state index < -0.39 is 0 Å². The molecule has 1 aromatic heterocycles. The van der Waals surface area contributed by atoms with Gasteiger partial charge in [0, 0.05) is 12.4 Å². The lowest BCUT2D eigenvalue weighted by Gasteiger charge is -2.11. The lowest BCUT2D eigenvalue weighted by Crippen LogP contribution is -1.98. The molecule has 15 heavy (non-hydrogen) atoms. The second-order valence-corrected chi connectivity index (χ2v) is 3.64. The minimum Gasteiger partial charge on any atom is -0.265 e. The number of aromatic nitrogens is 1. The molecule has 0 aliphatic carbocycles. The Bertz CT molecular complexity index is 279. The minimum absolute atomic E-state index is 0.633. The summed E-state index contributed by atoms with van der Waals surface area (Å²) in [5.41, 5.74) is 1.24. The van der Waals surface area contributed by atoms with E-state index in [-0.39, 0.29) is 0 Å². The van der Waals surface area contributed by atoms with Crippen LogP contribution in [-0.4, -0.2) is 4.98 Å². The second kappa shape index (κ2) is 6.99. The van der Waals surface area contributed by atoms with Crippen molar-refractivity contribution in [3.05, 3.63) is 61.8 Å². The van der Waals surface area contributed by atoms with Crippen molar-refractivity contribution in [2.75, 3.05) is 0 Å². The van der Waals surface area contributed by atoms with Crippen molar-refractivity contribution in [3.63, 3.8) is 0 Å². The molecule has 1 heteroatoms. The van der Waals surface area contributed by atoms with Crippen molar-refractivity contribution in [3.8, 4) is 0 Å². The van der Waals surface area contributed by atoms with Gasteiger partial charge in [0.05, 0.1) is 0 Å². The lowest BCUT2D eigenvalue weighted by atomic mass is 9.94. The van der Waals surface area contributed by atoms with Crippen LogP contribution in [0.3, 0.4) is 0 Å². The summed E-state index contributed by atoms with van der Waals surface area (Å²) in [7, 11) is 0. The van der Waals surface area contributed by atoms with Gasteiger partial charge in [-0.05, 0) is 49.3 Å². The smallest absolute Gasteiger partial charge is 0.0270 e. The van der Waals surface area contributed by atoms with Crippen molar-refractivity contribution in [2.45, 2.75) is 19.3 Å². The molecule has 0 atom stereocenters. The number of allylic oxidation sites excluding steroid dienone is 2. The van der Waals surface area contributed by atoms with Crippen molar-refractivity contribution in [2.24, 2.45) is 5.92 Å². The highest BCUT2D eigenvalue weighted by molar-refractivity contribution is 5.19. The van der Waals surface area contributed by atoms with Gasteiger partial charge in [0.1, 0.15) is 0 Å². The Morgan fingerprint density at radius 1 is 1.07 bits per heavy atom. The molecule has 1 aromatic rings. The molecule has 1 nitrogen and oxygen atoms in total. The molecular weight excluding hydrogens is 182 g/mol. The van der Waals surface area contributed by atoms with E-state index in [1.54, 1.807) is 0 Å². The first-order valence-electron chi connectivity index (χ1n) is 5.32. The molecule has 79 valence electrons. The molecule has 0 aliphatic heterocycles. The van der Waals surface area contributed by atoms with E-state index in [1.807, 2.05) is 36.7 Å². The molecule has 0 bridgehead atoms. The Labute approximate surface area is 92.6 Å². The highest BCUT2D eigenvalue weighted by Gasteiger charge is 2.05. The van der Waals surface area contributed by atoms with Gasteiger partial charge in [-0.25, -0.2) is 0 Å². The van der Waals surface area contributed by atoms with Crippen molar-refractivity contribution in [1.82, 2.24) is 4.98 Å². The van der Waals surface area contributed by atoms with Gasteiger partial charge in [0.2, 0.25) is 0 Å². The van der Waals surface area contributed by atoms with Gasteiger partial charge in [-0.1, -0.05) is 12.2 Å². The molecule has 0 N–H and O–H groups in total. The summed E-state index contributed by atoms with van der Waals surface area (Å²) in [6.07, 6.45) is 13.0. The quantitative estimate of drug-likeness (QED) is 0.610. The third-order valence-corrected chi connectivity index (χ3v) is 2.39. The van der Waals surface area contributed by atoms with Crippen LogP contribution in [0.2, 0.25) is 0 Å². The molecule has 0 unspecified atom stereocenters. The van der Waals surface area contributed by atoms with Crippen LogP contribution in [0.15, 0.2) is 49.8 Å². The van der Waals surface area contributed by atoms with Gasteiger partial charge < -0.3 is 0 Å². The van der Waals surface area contributed by atoms with Crippen LogP contribution in [0.5, 0.6) is 0 Å². The van der Waals surface area contributed by atoms with Crippen LogP contribution in [0.1, 0.15) is 24.8 Å². The Kier molecular flexibility index (Phi) is 5.46. The number of hydrogen-bond acceptors (Lipinski definition) is 1. The van der Waals surface area contributed by atoms with Crippen molar-refractivity contribution < 1.29 is 0 Å². The number of rotatable bonds is 7. The molecule has 1 heterocycles. The maximum absolute atomic E-state index is 3.99. The fourth-order valence-electron chi connectivity index (χ4n) is 1.56. The van der Waals surface area contributed by atoms with Gasteiger partial charge in [-0.15, -0.1) is 13.2 Å². The largest absolute Gasteiger partial charge is 0.265 e. The highest BCUT2D eigenvalue weighted by atomic mass is 14.6. The maximum atomic E-state index is 3.99. The Morgan fingerprint density at radius 2 is 1.67 bits per heavy atom. The van der Waals surface area contributed by atoms with Crippen molar-refractivity contribution >= 4 is 0 Å². The molecule has 0 saturated carbocycles. The SMILES string of the molecule is C=CCC(C[CH]c1ccncc1)CC=C. The van der Waals surface area contributed by atoms with Crippen LogP contribution < -0.4 is 0 Å². The Hall–Kier alpha value is -1.37. The first kappa shape index (κ1) is 11.7. The highest BCUT2D eigenvalue weighted by Crippen LogP contribution is 2.18. The molecule has 0 aromatic carbocycles. The minimum atomic E-state index is 0.633. The van der Waals surface area contributed by atoms with E-state index in [0.29, 0.717) is 5.92 Å². The zero-order chi connectivity index (χ0) is 10.9. The maximum Gasteiger partial charge on any atom is 0.0270 e. The summed E-state index contributed by atoms with van der Waals surface area (Å²) in [5, 5.41) is 0. The van der Waals surface area contributed by atoms with E-state index in [9.17, 15) is 0 Å². The fourth-order valence-corrected chi connectivity index (χ4v) is 1.56. The normalized spacial score (nSPS) is 10.2. The predicted molar refractivity (Wildman–Crippen MR) is 65.4 cm³/mol. The molecule has 0 aliphatic rings. The Morgan fingerprint density at radius 3 is 2.20 bits per heavy atom. The van der Waals surface area contributed by atoms with Crippen LogP contribution in [0.25, 0.3) is 0 Å². The van der Waals surface area contributed by atoms with E-state index >= 15 is 0 Å². The van der Waals surface area contributed by atoms with Gasteiger partial charge >= 0.3 is 0 Å². The summed E-state index contributed by atoms with van der Waals surface area (Å²) in [6.45, 7) is 7.56. The lowest BCUT2D eigenvalue weighted by molar-refractivity contribution is 0.538. The summed E-state index contributed by atoms with van der Waals surface area (Å²) in [5.74, 6) is 0.633. The fraction of sp³-hybridized carbons (Fsp3) is 0.286. The van der Waals surface area contributed by atoms with Gasteiger partial charge in [0.25, 0.3) is 0 Å². The third kappa shape index (κ3) is 4.59. The third-order valence-electron chi connectivity index (χ3n) is 2.39.